The Balaban J connectivity index is 0.951. The van der Waals surface area contributed by atoms with Crippen LogP contribution in [-0.2, 0) is 38.1 Å². The van der Waals surface area contributed by atoms with Gasteiger partial charge in [0.05, 0.1) is 25.3 Å². The third-order valence-electron chi connectivity index (χ3n) is 11.6. The van der Waals surface area contributed by atoms with E-state index in [2.05, 4.69) is 68.1 Å². The van der Waals surface area contributed by atoms with Gasteiger partial charge in [-0.1, -0.05) is 108 Å². The van der Waals surface area contributed by atoms with Crippen LogP contribution in [0.4, 0.5) is 0 Å². The normalized spacial score (nSPS) is 17.1. The Morgan fingerprint density at radius 1 is 0.500 bits per heavy atom. The molecule has 0 aromatic heterocycles. The minimum Gasteiger partial charge on any atom is -0.423 e. The van der Waals surface area contributed by atoms with Crippen LogP contribution in [0.25, 0.3) is 0 Å². The lowest BCUT2D eigenvalue weighted by Gasteiger charge is -2.40. The first kappa shape index (κ1) is 50.3. The van der Waals surface area contributed by atoms with Gasteiger partial charge < -0.3 is 28.7 Å². The van der Waals surface area contributed by atoms with E-state index >= 15 is 0 Å². The summed E-state index contributed by atoms with van der Waals surface area (Å²) < 4.78 is 22.4. The van der Waals surface area contributed by atoms with Crippen molar-refractivity contribution in [2.75, 3.05) is 107 Å². The van der Waals surface area contributed by atoms with Gasteiger partial charge in [0, 0.05) is 116 Å². The monoisotopic (exact) mass is 942 g/mol. The first-order chi connectivity index (χ1) is 31.9. The smallest absolute Gasteiger partial charge is 0.333 e. The van der Waals surface area contributed by atoms with E-state index in [-0.39, 0.29) is 25.3 Å². The molecule has 16 heteroatoms. The number of amides is 2. The van der Waals surface area contributed by atoms with Gasteiger partial charge in [0.1, 0.15) is 0 Å². The summed E-state index contributed by atoms with van der Waals surface area (Å²) in [4.78, 5) is 63.6. The molecule has 2 aliphatic heterocycles. The quantitative estimate of drug-likeness (QED) is 0.0622. The Kier molecular flexibility index (Phi) is 19.1. The van der Waals surface area contributed by atoms with Crippen molar-refractivity contribution < 1.29 is 38.1 Å². The second-order valence-electron chi connectivity index (χ2n) is 16.6. The molecule has 0 saturated carbocycles. The molecule has 4 aromatic carbocycles. The number of ether oxygens (including phenoxy) is 4. The molecule has 2 aliphatic rings. The number of likely N-dealkylation sites (N-methyl/N-ethyl adjacent to an activating group) is 2. The molecule has 2 heterocycles. The van der Waals surface area contributed by atoms with Crippen molar-refractivity contribution in [3.8, 4) is 0 Å². The van der Waals surface area contributed by atoms with Crippen LogP contribution in [0.1, 0.15) is 34.3 Å². The number of halogens is 2. The number of nitrogens with zero attached hydrogens (tertiary/aromatic N) is 6. The molecular weight excluding hydrogens is 883 g/mol. The second-order valence-corrected chi connectivity index (χ2v) is 17.4. The average Bonchev–Trinajstić information content (AvgIpc) is 3.32. The summed E-state index contributed by atoms with van der Waals surface area (Å²) in [7, 11) is 6.09. The minimum atomic E-state index is -1.54. The van der Waals surface area contributed by atoms with Crippen molar-refractivity contribution in [1.82, 2.24) is 29.4 Å². The Bertz CT molecular complexity index is 2030. The molecule has 66 heavy (non-hydrogen) atoms. The number of benzene rings is 4. The number of esters is 2. The fourth-order valence-corrected chi connectivity index (χ4v) is 8.27. The van der Waals surface area contributed by atoms with Crippen molar-refractivity contribution in [1.29, 1.82) is 0 Å². The Labute approximate surface area is 398 Å². The molecule has 4 aromatic rings. The first-order valence-electron chi connectivity index (χ1n) is 22.1. The van der Waals surface area contributed by atoms with Gasteiger partial charge in [0.15, 0.2) is 0 Å². The highest BCUT2D eigenvalue weighted by atomic mass is 35.5. The van der Waals surface area contributed by atoms with Gasteiger partial charge in [0.25, 0.3) is 24.4 Å². The summed E-state index contributed by atoms with van der Waals surface area (Å²) in [5, 5.41) is 1.38. The number of hydrogen-bond donors (Lipinski definition) is 0. The zero-order chi connectivity index (χ0) is 47.0. The molecule has 2 fully saturated rings. The summed E-state index contributed by atoms with van der Waals surface area (Å²) in [5.74, 6) is -3.17. The Morgan fingerprint density at radius 2 is 0.818 bits per heavy atom. The van der Waals surface area contributed by atoms with Crippen molar-refractivity contribution in [2.45, 2.75) is 24.7 Å². The third kappa shape index (κ3) is 14.7. The van der Waals surface area contributed by atoms with E-state index in [1.807, 2.05) is 60.7 Å². The largest absolute Gasteiger partial charge is 0.423 e. The van der Waals surface area contributed by atoms with Gasteiger partial charge in [-0.05, 0) is 46.5 Å². The fraction of sp³-hybridized carbons (Fsp3) is 0.400. The van der Waals surface area contributed by atoms with Crippen LogP contribution in [0.5, 0.6) is 0 Å². The van der Waals surface area contributed by atoms with Crippen molar-refractivity contribution in [3.05, 3.63) is 154 Å². The molecule has 6 rings (SSSR count). The Morgan fingerprint density at radius 3 is 1.14 bits per heavy atom. The highest BCUT2D eigenvalue weighted by Gasteiger charge is 2.31. The number of piperazine rings is 2. The highest BCUT2D eigenvalue weighted by molar-refractivity contribution is 6.30. The number of carbonyl (C=O) groups excluding carboxylic acids is 4. The van der Waals surface area contributed by atoms with Crippen LogP contribution in [0, 0.1) is 0 Å². The van der Waals surface area contributed by atoms with Crippen LogP contribution < -0.4 is 0 Å². The zero-order valence-electron chi connectivity index (χ0n) is 38.0. The number of carbonyl (C=O) groups is 4. The van der Waals surface area contributed by atoms with Gasteiger partial charge in [-0.25, -0.2) is 9.59 Å². The van der Waals surface area contributed by atoms with Gasteiger partial charge in [-0.2, -0.15) is 0 Å². The maximum absolute atomic E-state index is 13.0. The molecular formula is C50H60Cl2N6O8. The lowest BCUT2D eigenvalue weighted by Crippen LogP contribution is -2.49. The van der Waals surface area contributed by atoms with Crippen LogP contribution >= 0.6 is 23.2 Å². The second kappa shape index (κ2) is 25.1. The topological polar surface area (TPSA) is 125 Å². The zero-order valence-corrected chi connectivity index (χ0v) is 39.6. The van der Waals surface area contributed by atoms with E-state index in [4.69, 9.17) is 42.1 Å². The summed E-state index contributed by atoms with van der Waals surface area (Å²) >= 11 is 12.4. The SMILES string of the molecule is CN(C)C(=O)[C@H](OCCN1CCN(C(c2ccccc2)c2ccc(Cl)cc2)CC1)OC(=O)/C=C/C(=O)O[C@@H](OCCN1CCN(C(c2ccccc2)c2ccc(Cl)cc2)CC1)C(=O)N(C)C. The summed E-state index contributed by atoms with van der Waals surface area (Å²) in [6, 6.07) is 36.8. The lowest BCUT2D eigenvalue weighted by atomic mass is 9.96. The van der Waals surface area contributed by atoms with Crippen LogP contribution in [0.3, 0.4) is 0 Å². The molecule has 0 bridgehead atoms. The van der Waals surface area contributed by atoms with Gasteiger partial charge in [0.2, 0.25) is 0 Å². The fourth-order valence-electron chi connectivity index (χ4n) is 8.02. The van der Waals surface area contributed by atoms with Gasteiger partial charge in [-0.3, -0.25) is 29.2 Å². The van der Waals surface area contributed by atoms with E-state index < -0.39 is 36.3 Å². The van der Waals surface area contributed by atoms with Crippen LogP contribution in [-0.4, -0.2) is 173 Å². The summed E-state index contributed by atoms with van der Waals surface area (Å²) in [6.45, 7) is 7.45. The predicted molar refractivity (Wildman–Crippen MR) is 254 cm³/mol. The molecule has 352 valence electrons. The molecule has 2 amide bonds. The molecule has 4 atom stereocenters. The van der Waals surface area contributed by atoms with E-state index in [0.29, 0.717) is 23.1 Å². The van der Waals surface area contributed by atoms with E-state index in [1.165, 1.54) is 49.1 Å². The van der Waals surface area contributed by atoms with Crippen molar-refractivity contribution in [2.24, 2.45) is 0 Å². The maximum atomic E-state index is 13.0. The van der Waals surface area contributed by atoms with Crippen LogP contribution in [0.2, 0.25) is 10.0 Å². The standard InChI is InChI=1S/C50H60Cl2N6O8/c1-53(2)47(61)49(63-35-33-55-25-29-57(30-26-55)45(37-11-7-5-8-12-37)39-15-19-41(51)20-16-39)65-43(59)23-24-44(60)66-50(48(62)54(3)4)64-36-34-56-27-31-58(32-28-56)46(38-13-9-6-10-14-38)40-17-21-42(52)22-18-40/h5-24,45-46,49-50H,25-36H2,1-4H3/b24-23+/t45?,46?,49-,50-/m1/s1. The molecule has 2 unspecified atom stereocenters. The predicted octanol–water partition coefficient (Wildman–Crippen LogP) is 5.61. The molecule has 0 radical (unpaired) electrons. The van der Waals surface area contributed by atoms with Gasteiger partial charge >= 0.3 is 11.9 Å². The highest BCUT2D eigenvalue weighted by Crippen LogP contribution is 2.32. The molecule has 0 aliphatic carbocycles. The maximum Gasteiger partial charge on any atom is 0.333 e. The number of hydrogen-bond acceptors (Lipinski definition) is 12. The molecule has 2 saturated heterocycles. The Hall–Kier alpha value is -5.16. The molecule has 14 nitrogen and oxygen atoms in total. The molecule has 0 spiro atoms. The van der Waals surface area contributed by atoms with E-state index in [0.717, 1.165) is 75.6 Å². The third-order valence-corrected chi connectivity index (χ3v) is 12.1. The van der Waals surface area contributed by atoms with E-state index in [9.17, 15) is 19.2 Å². The molecule has 0 N–H and O–H groups in total. The lowest BCUT2D eigenvalue weighted by molar-refractivity contribution is -0.189. The van der Waals surface area contributed by atoms with Gasteiger partial charge in [-0.15, -0.1) is 0 Å². The first-order valence-corrected chi connectivity index (χ1v) is 22.9. The average molecular weight is 944 g/mol. The summed E-state index contributed by atoms with van der Waals surface area (Å²) in [6.07, 6.45) is -1.43. The van der Waals surface area contributed by atoms with E-state index in [1.54, 1.807) is 0 Å². The van der Waals surface area contributed by atoms with Crippen molar-refractivity contribution in [3.63, 3.8) is 0 Å². The summed E-state index contributed by atoms with van der Waals surface area (Å²) in [5.41, 5.74) is 4.71. The number of rotatable bonds is 20. The van der Waals surface area contributed by atoms with Crippen molar-refractivity contribution >= 4 is 47.0 Å². The van der Waals surface area contributed by atoms with Crippen LogP contribution in [0.15, 0.2) is 121 Å². The minimum absolute atomic E-state index is 0.0692.